The highest BCUT2D eigenvalue weighted by atomic mass is 35.5. The van der Waals surface area contributed by atoms with Crippen LogP contribution in [0, 0.1) is 17.6 Å². The van der Waals surface area contributed by atoms with Gasteiger partial charge in [0.05, 0.1) is 12.0 Å². The predicted octanol–water partition coefficient (Wildman–Crippen LogP) is 5.85. The van der Waals surface area contributed by atoms with Crippen LogP contribution in [0.15, 0.2) is 66.7 Å². The average molecular weight is 544 g/mol. The fourth-order valence-corrected chi connectivity index (χ4v) is 5.72. The van der Waals surface area contributed by atoms with Crippen LogP contribution in [-0.2, 0) is 4.79 Å². The molecule has 0 aliphatic carbocycles. The second-order valence-corrected chi connectivity index (χ2v) is 10.9. The number of amides is 1. The van der Waals surface area contributed by atoms with Crippen molar-refractivity contribution in [2.75, 3.05) is 46.3 Å². The van der Waals surface area contributed by atoms with Crippen molar-refractivity contribution in [1.29, 1.82) is 0 Å². The van der Waals surface area contributed by atoms with Crippen LogP contribution in [0.5, 0.6) is 0 Å². The van der Waals surface area contributed by atoms with Gasteiger partial charge in [0.25, 0.3) is 0 Å². The Morgan fingerprint density at radius 3 is 1.76 bits per heavy atom. The Morgan fingerprint density at radius 1 is 0.784 bits per heavy atom. The number of rotatable bonds is 6. The number of carbonyl (C=O) groups excluding carboxylic acids is 1. The molecule has 194 valence electrons. The van der Waals surface area contributed by atoms with E-state index in [9.17, 15) is 13.6 Å². The first kappa shape index (κ1) is 26.1. The first-order valence-electron chi connectivity index (χ1n) is 12.5. The number of carbonyl (C=O) groups is 1. The molecule has 0 spiro atoms. The van der Waals surface area contributed by atoms with Gasteiger partial charge in [-0.25, -0.2) is 8.78 Å². The summed E-state index contributed by atoms with van der Waals surface area (Å²) in [7, 11) is 2.03. The molecule has 2 aliphatic heterocycles. The fraction of sp³-hybridized carbons (Fsp3) is 0.345. The lowest BCUT2D eigenvalue weighted by Crippen LogP contribution is -2.56. The second-order valence-electron chi connectivity index (χ2n) is 10.0. The average Bonchev–Trinajstić information content (AvgIpc) is 2.84. The van der Waals surface area contributed by atoms with Crippen molar-refractivity contribution >= 4 is 29.1 Å². The number of hydrogen-bond acceptors (Lipinski definition) is 3. The first-order valence-corrected chi connectivity index (χ1v) is 13.2. The van der Waals surface area contributed by atoms with Crippen LogP contribution in [0.25, 0.3) is 0 Å². The van der Waals surface area contributed by atoms with Crippen LogP contribution in [0.3, 0.4) is 0 Å². The van der Waals surface area contributed by atoms with E-state index in [0.717, 1.165) is 30.3 Å². The molecular formula is C29H29Cl2F2N3O. The molecule has 0 N–H and O–H groups in total. The van der Waals surface area contributed by atoms with Gasteiger partial charge in [0.1, 0.15) is 11.6 Å². The minimum Gasteiger partial charge on any atom is -0.340 e. The maximum absolute atomic E-state index is 14.2. The van der Waals surface area contributed by atoms with Gasteiger partial charge in [-0.2, -0.15) is 0 Å². The number of hydrogen-bond donors (Lipinski definition) is 0. The van der Waals surface area contributed by atoms with Gasteiger partial charge < -0.3 is 9.80 Å². The highest BCUT2D eigenvalue weighted by Crippen LogP contribution is 2.41. The van der Waals surface area contributed by atoms with Crippen molar-refractivity contribution in [3.8, 4) is 0 Å². The third-order valence-electron chi connectivity index (χ3n) is 7.47. The van der Waals surface area contributed by atoms with Gasteiger partial charge in [-0.1, -0.05) is 47.5 Å². The third-order valence-corrected chi connectivity index (χ3v) is 7.98. The van der Waals surface area contributed by atoms with E-state index in [1.165, 1.54) is 12.1 Å². The summed E-state index contributed by atoms with van der Waals surface area (Å²) in [6, 6.07) is 18.9. The second kappa shape index (κ2) is 11.1. The zero-order chi connectivity index (χ0) is 26.1. The van der Waals surface area contributed by atoms with Gasteiger partial charge >= 0.3 is 0 Å². The zero-order valence-electron chi connectivity index (χ0n) is 20.6. The van der Waals surface area contributed by atoms with Gasteiger partial charge in [0, 0.05) is 61.3 Å². The summed E-state index contributed by atoms with van der Waals surface area (Å²) in [6.07, 6.45) is 0. The molecule has 3 aromatic carbocycles. The predicted molar refractivity (Wildman–Crippen MR) is 143 cm³/mol. The van der Waals surface area contributed by atoms with Gasteiger partial charge in [0.2, 0.25) is 5.91 Å². The molecule has 3 aromatic rings. The van der Waals surface area contributed by atoms with Gasteiger partial charge in [-0.05, 0) is 60.1 Å². The molecule has 0 aromatic heterocycles. The third kappa shape index (κ3) is 5.83. The maximum atomic E-state index is 14.2. The van der Waals surface area contributed by atoms with Crippen LogP contribution < -0.4 is 0 Å². The van der Waals surface area contributed by atoms with Crippen molar-refractivity contribution < 1.29 is 13.6 Å². The Morgan fingerprint density at radius 2 is 1.27 bits per heavy atom. The van der Waals surface area contributed by atoms with Crippen molar-refractivity contribution in [2.45, 2.75) is 12.0 Å². The molecule has 8 heteroatoms. The van der Waals surface area contributed by atoms with Gasteiger partial charge in [-0.15, -0.1) is 0 Å². The molecule has 0 saturated carbocycles. The molecule has 1 amide bonds. The molecule has 2 fully saturated rings. The van der Waals surface area contributed by atoms with Crippen molar-refractivity contribution in [2.24, 2.45) is 5.92 Å². The summed E-state index contributed by atoms with van der Waals surface area (Å²) in [5.41, 5.74) is 2.55. The van der Waals surface area contributed by atoms with Crippen molar-refractivity contribution in [3.05, 3.63) is 105 Å². The van der Waals surface area contributed by atoms with E-state index in [2.05, 4.69) is 9.80 Å². The Labute approximate surface area is 226 Å². The Balaban J connectivity index is 1.43. The quantitative estimate of drug-likeness (QED) is 0.390. The molecule has 0 bridgehead atoms. The number of halogens is 4. The van der Waals surface area contributed by atoms with Crippen molar-refractivity contribution in [1.82, 2.24) is 14.7 Å². The lowest BCUT2D eigenvalue weighted by Gasteiger charge is -2.48. The molecular weight excluding hydrogens is 515 g/mol. The van der Waals surface area contributed by atoms with Gasteiger partial charge in [-0.3, -0.25) is 9.69 Å². The highest BCUT2D eigenvalue weighted by molar-refractivity contribution is 6.30. The summed E-state index contributed by atoms with van der Waals surface area (Å²) < 4.78 is 28.5. The largest absolute Gasteiger partial charge is 0.340 e. The minimum absolute atomic E-state index is 0.0581. The molecule has 2 aliphatic rings. The standard InChI is InChI=1S/C29H29Cl2F2N3O/c1-34-10-12-35(13-11-34)29(37)27(21-14-25(32)16-26(33)15-21)22-17-36(18-22)28(19-2-6-23(30)7-3-19)20-4-8-24(31)9-5-20/h2-9,14-16,22,27-28H,10-13,17-18H2,1H3. The minimum atomic E-state index is -0.664. The van der Waals surface area contributed by atoms with E-state index in [1.54, 1.807) is 0 Å². The molecule has 0 radical (unpaired) electrons. The molecule has 1 unspecified atom stereocenters. The van der Waals surface area contributed by atoms with E-state index < -0.39 is 17.6 Å². The van der Waals surface area contributed by atoms with E-state index in [-0.39, 0.29) is 17.9 Å². The summed E-state index contributed by atoms with van der Waals surface area (Å²) in [6.45, 7) is 4.00. The smallest absolute Gasteiger partial charge is 0.230 e. The van der Waals surface area contributed by atoms with Crippen LogP contribution >= 0.6 is 23.2 Å². The molecule has 37 heavy (non-hydrogen) atoms. The monoisotopic (exact) mass is 543 g/mol. The lowest BCUT2D eigenvalue weighted by molar-refractivity contribution is -0.137. The van der Waals surface area contributed by atoms with Crippen LogP contribution in [0.4, 0.5) is 8.78 Å². The summed E-state index contributed by atoms with van der Waals surface area (Å²) in [5, 5.41) is 1.32. The molecule has 2 saturated heterocycles. The molecule has 5 rings (SSSR count). The van der Waals surface area contributed by atoms with E-state index in [4.69, 9.17) is 23.2 Å². The molecule has 2 heterocycles. The number of nitrogens with zero attached hydrogens (tertiary/aromatic N) is 3. The fourth-order valence-electron chi connectivity index (χ4n) is 5.47. The number of benzene rings is 3. The summed E-state index contributed by atoms with van der Waals surface area (Å²) >= 11 is 12.3. The van der Waals surface area contributed by atoms with Crippen LogP contribution in [-0.4, -0.2) is 66.9 Å². The molecule has 1 atom stereocenters. The zero-order valence-corrected chi connectivity index (χ0v) is 22.1. The number of likely N-dealkylation sites (tertiary alicyclic amines) is 1. The summed E-state index contributed by atoms with van der Waals surface area (Å²) in [5.74, 6) is -2.07. The maximum Gasteiger partial charge on any atom is 0.230 e. The summed E-state index contributed by atoms with van der Waals surface area (Å²) in [4.78, 5) is 20.1. The Kier molecular flexibility index (Phi) is 7.82. The van der Waals surface area contributed by atoms with Crippen molar-refractivity contribution in [3.63, 3.8) is 0 Å². The SMILES string of the molecule is CN1CCN(C(=O)C(c2cc(F)cc(F)c2)C2CN(C(c3ccc(Cl)cc3)c3ccc(Cl)cc3)C2)CC1. The Hall–Kier alpha value is -2.51. The molecule has 4 nitrogen and oxygen atoms in total. The normalized spacial score (nSPS) is 18.2. The van der Waals surface area contributed by atoms with Crippen LogP contribution in [0.1, 0.15) is 28.7 Å². The highest BCUT2D eigenvalue weighted by Gasteiger charge is 2.43. The van der Waals surface area contributed by atoms with Gasteiger partial charge in [0.15, 0.2) is 0 Å². The number of likely N-dealkylation sites (N-methyl/N-ethyl adjacent to an activating group) is 1. The first-order chi connectivity index (χ1) is 17.8. The lowest BCUT2D eigenvalue weighted by atomic mass is 9.78. The van der Waals surface area contributed by atoms with E-state index >= 15 is 0 Å². The van der Waals surface area contributed by atoms with E-state index in [0.29, 0.717) is 41.8 Å². The number of piperazine rings is 1. The van der Waals surface area contributed by atoms with Crippen LogP contribution in [0.2, 0.25) is 10.0 Å². The van der Waals surface area contributed by atoms with E-state index in [1.807, 2.05) is 60.5 Å². The Bertz CT molecular complexity index is 1180. The topological polar surface area (TPSA) is 26.8 Å².